The first-order valence-corrected chi connectivity index (χ1v) is 4.79. The maximum absolute atomic E-state index is 4.23. The second kappa shape index (κ2) is 4.26. The molecule has 0 fully saturated rings. The third-order valence-corrected chi connectivity index (χ3v) is 2.31. The van der Waals surface area contributed by atoms with Gasteiger partial charge in [-0.05, 0) is 31.9 Å². The number of nitrogens with zero attached hydrogens (tertiary/aromatic N) is 1. The Morgan fingerprint density at radius 2 is 1.92 bits per heavy atom. The van der Waals surface area contributed by atoms with Crippen molar-refractivity contribution in [1.82, 2.24) is 4.98 Å². The van der Waals surface area contributed by atoms with Crippen LogP contribution < -0.4 is 5.32 Å². The van der Waals surface area contributed by atoms with Crippen LogP contribution in [0.25, 0.3) is 0 Å². The van der Waals surface area contributed by atoms with Crippen molar-refractivity contribution in [3.05, 3.63) is 24.0 Å². The van der Waals surface area contributed by atoms with Gasteiger partial charge in [-0.15, -0.1) is 0 Å². The van der Waals surface area contributed by atoms with E-state index in [4.69, 9.17) is 0 Å². The highest BCUT2D eigenvalue weighted by atomic mass is 14.9. The summed E-state index contributed by atoms with van der Waals surface area (Å²) in [4.78, 5) is 4.23. The van der Waals surface area contributed by atoms with Crippen molar-refractivity contribution in [2.75, 3.05) is 5.32 Å². The van der Waals surface area contributed by atoms with E-state index in [9.17, 15) is 0 Å². The van der Waals surface area contributed by atoms with Crippen LogP contribution in [-0.4, -0.2) is 11.0 Å². The summed E-state index contributed by atoms with van der Waals surface area (Å²) in [6.45, 7) is 8.60. The second-order valence-corrected chi connectivity index (χ2v) is 3.87. The van der Waals surface area contributed by atoms with Crippen LogP contribution in [0.3, 0.4) is 0 Å². The largest absolute Gasteiger partial charge is 0.381 e. The van der Waals surface area contributed by atoms with E-state index < -0.39 is 0 Å². The summed E-state index contributed by atoms with van der Waals surface area (Å²) in [7, 11) is 0. The minimum absolute atomic E-state index is 0.490. The topological polar surface area (TPSA) is 24.9 Å². The molecule has 0 aliphatic rings. The third-order valence-electron chi connectivity index (χ3n) is 2.31. The molecule has 1 N–H and O–H groups in total. The smallest absolute Gasteiger partial charge is 0.0529 e. The van der Waals surface area contributed by atoms with Gasteiger partial charge < -0.3 is 5.32 Å². The van der Waals surface area contributed by atoms with Crippen LogP contribution in [0.2, 0.25) is 0 Å². The van der Waals surface area contributed by atoms with E-state index in [0.29, 0.717) is 12.0 Å². The zero-order valence-electron chi connectivity index (χ0n) is 8.83. The molecule has 0 radical (unpaired) electrons. The summed E-state index contributed by atoms with van der Waals surface area (Å²) in [5, 5.41) is 3.41. The van der Waals surface area contributed by atoms with Crippen molar-refractivity contribution in [3.8, 4) is 0 Å². The highest BCUT2D eigenvalue weighted by Crippen LogP contribution is 2.11. The monoisotopic (exact) mass is 178 g/mol. The van der Waals surface area contributed by atoms with Gasteiger partial charge in [0, 0.05) is 11.7 Å². The molecule has 0 saturated heterocycles. The fourth-order valence-electron chi connectivity index (χ4n) is 0.983. The summed E-state index contributed by atoms with van der Waals surface area (Å²) in [6.07, 6.45) is 1.88. The molecular formula is C11H18N2. The van der Waals surface area contributed by atoms with Crippen molar-refractivity contribution < 1.29 is 0 Å². The highest BCUT2D eigenvalue weighted by Gasteiger charge is 2.05. The maximum atomic E-state index is 4.23. The van der Waals surface area contributed by atoms with Crippen molar-refractivity contribution in [1.29, 1.82) is 0 Å². The van der Waals surface area contributed by atoms with Crippen LogP contribution in [0, 0.1) is 12.8 Å². The molecule has 2 nitrogen and oxygen atoms in total. The molecule has 0 unspecified atom stereocenters. The first-order chi connectivity index (χ1) is 6.09. The van der Waals surface area contributed by atoms with E-state index in [0.717, 1.165) is 11.4 Å². The summed E-state index contributed by atoms with van der Waals surface area (Å²) in [5.74, 6) is 0.640. The molecule has 72 valence electrons. The lowest BCUT2D eigenvalue weighted by Crippen LogP contribution is -2.21. The van der Waals surface area contributed by atoms with Gasteiger partial charge in [-0.3, -0.25) is 4.98 Å². The molecule has 13 heavy (non-hydrogen) atoms. The number of aryl methyl sites for hydroxylation is 1. The normalized spacial score (nSPS) is 13.0. The molecule has 0 aliphatic carbocycles. The molecule has 0 aromatic carbocycles. The lowest BCUT2D eigenvalue weighted by atomic mass is 10.1. The molecule has 0 spiro atoms. The van der Waals surface area contributed by atoms with Crippen LogP contribution in [-0.2, 0) is 0 Å². The lowest BCUT2D eigenvalue weighted by Gasteiger charge is -2.18. The summed E-state index contributed by atoms with van der Waals surface area (Å²) in [6, 6.07) is 4.58. The van der Waals surface area contributed by atoms with E-state index in [1.165, 1.54) is 0 Å². The Kier molecular flexibility index (Phi) is 3.29. The summed E-state index contributed by atoms with van der Waals surface area (Å²) < 4.78 is 0. The van der Waals surface area contributed by atoms with Crippen LogP contribution >= 0.6 is 0 Å². The molecule has 1 atom stereocenters. The predicted octanol–water partition coefficient (Wildman–Crippen LogP) is 2.85. The van der Waals surface area contributed by atoms with E-state index in [1.807, 2.05) is 19.2 Å². The summed E-state index contributed by atoms with van der Waals surface area (Å²) >= 11 is 0. The number of hydrogen-bond donors (Lipinski definition) is 1. The molecule has 0 amide bonds. The SMILES string of the molecule is Cc1ccc(N[C@@H](C)C(C)C)cn1. The van der Waals surface area contributed by atoms with Crippen LogP contribution in [0.5, 0.6) is 0 Å². The number of aromatic nitrogens is 1. The third kappa shape index (κ3) is 3.05. The zero-order chi connectivity index (χ0) is 9.84. The van der Waals surface area contributed by atoms with E-state index >= 15 is 0 Å². The van der Waals surface area contributed by atoms with Gasteiger partial charge in [0.1, 0.15) is 0 Å². The quantitative estimate of drug-likeness (QED) is 0.769. The molecule has 0 aliphatic heterocycles. The summed E-state index contributed by atoms with van der Waals surface area (Å²) in [5.41, 5.74) is 2.16. The Morgan fingerprint density at radius 3 is 2.38 bits per heavy atom. The standard InChI is InChI=1S/C11H18N2/c1-8(2)10(4)13-11-6-5-9(3)12-7-11/h5-8,10,13H,1-4H3/t10-/m0/s1. The number of anilines is 1. The second-order valence-electron chi connectivity index (χ2n) is 3.87. The lowest BCUT2D eigenvalue weighted by molar-refractivity contribution is 0.560. The Balaban J connectivity index is 2.59. The van der Waals surface area contributed by atoms with Crippen molar-refractivity contribution in [2.45, 2.75) is 33.7 Å². The first-order valence-electron chi connectivity index (χ1n) is 4.79. The Hall–Kier alpha value is -1.05. The van der Waals surface area contributed by atoms with Gasteiger partial charge in [0.2, 0.25) is 0 Å². The number of hydrogen-bond acceptors (Lipinski definition) is 2. The van der Waals surface area contributed by atoms with Crippen LogP contribution in [0.4, 0.5) is 5.69 Å². The highest BCUT2D eigenvalue weighted by molar-refractivity contribution is 5.41. The molecule has 1 aromatic rings. The van der Waals surface area contributed by atoms with Gasteiger partial charge in [0.25, 0.3) is 0 Å². The Bertz CT molecular complexity index is 251. The van der Waals surface area contributed by atoms with Gasteiger partial charge in [-0.2, -0.15) is 0 Å². The minimum atomic E-state index is 0.490. The molecule has 1 rings (SSSR count). The van der Waals surface area contributed by atoms with Crippen molar-refractivity contribution in [3.63, 3.8) is 0 Å². The minimum Gasteiger partial charge on any atom is -0.381 e. The average molecular weight is 178 g/mol. The maximum Gasteiger partial charge on any atom is 0.0529 e. The van der Waals surface area contributed by atoms with Gasteiger partial charge in [0.05, 0.1) is 11.9 Å². The number of pyridine rings is 1. The number of rotatable bonds is 3. The number of nitrogens with one attached hydrogen (secondary N) is 1. The van der Waals surface area contributed by atoms with Crippen molar-refractivity contribution in [2.24, 2.45) is 5.92 Å². The predicted molar refractivity (Wildman–Crippen MR) is 56.9 cm³/mol. The molecule has 1 aromatic heterocycles. The zero-order valence-corrected chi connectivity index (χ0v) is 8.83. The molecule has 2 heteroatoms. The van der Waals surface area contributed by atoms with Crippen LogP contribution in [0.15, 0.2) is 18.3 Å². The van der Waals surface area contributed by atoms with Crippen molar-refractivity contribution >= 4 is 5.69 Å². The Labute approximate surface area is 80.4 Å². The molecular weight excluding hydrogens is 160 g/mol. The first kappa shape index (κ1) is 10.0. The average Bonchev–Trinajstić information content (AvgIpc) is 2.08. The molecule has 0 saturated carbocycles. The van der Waals surface area contributed by atoms with E-state index in [-0.39, 0.29) is 0 Å². The van der Waals surface area contributed by atoms with Gasteiger partial charge in [-0.25, -0.2) is 0 Å². The molecule has 1 heterocycles. The van der Waals surface area contributed by atoms with E-state index in [1.54, 1.807) is 0 Å². The molecule has 0 bridgehead atoms. The van der Waals surface area contributed by atoms with Gasteiger partial charge in [0.15, 0.2) is 0 Å². The van der Waals surface area contributed by atoms with Gasteiger partial charge >= 0.3 is 0 Å². The van der Waals surface area contributed by atoms with E-state index in [2.05, 4.69) is 37.1 Å². The fraction of sp³-hybridized carbons (Fsp3) is 0.545. The Morgan fingerprint density at radius 1 is 1.23 bits per heavy atom. The fourth-order valence-corrected chi connectivity index (χ4v) is 0.983. The van der Waals surface area contributed by atoms with Crippen LogP contribution in [0.1, 0.15) is 26.5 Å². The van der Waals surface area contributed by atoms with Gasteiger partial charge in [-0.1, -0.05) is 13.8 Å².